The summed E-state index contributed by atoms with van der Waals surface area (Å²) in [5.74, 6) is 3.41. The Balaban J connectivity index is 1.43. The zero-order chi connectivity index (χ0) is 19.3. The topological polar surface area (TPSA) is 68.8 Å². The van der Waals surface area contributed by atoms with Crippen LogP contribution in [0, 0.1) is 6.92 Å². The number of hydrogen-bond acceptors (Lipinski definition) is 5. The normalized spacial score (nSPS) is 21.8. The Hall–Kier alpha value is -1.89. The number of nitrogens with one attached hydrogen (secondary N) is 1. The first-order chi connectivity index (χ1) is 13.6. The molecule has 0 bridgehead atoms. The highest BCUT2D eigenvalue weighted by Crippen LogP contribution is 2.42. The molecule has 1 aliphatic carbocycles. The number of hydrogen-bond donors (Lipinski definition) is 1. The van der Waals surface area contributed by atoms with E-state index in [0.29, 0.717) is 29.2 Å². The van der Waals surface area contributed by atoms with Gasteiger partial charge in [0.05, 0.1) is 12.2 Å². The second-order valence-electron chi connectivity index (χ2n) is 7.67. The molecule has 1 aromatic carbocycles. The summed E-state index contributed by atoms with van der Waals surface area (Å²) in [5.41, 5.74) is 3.20. The van der Waals surface area contributed by atoms with Crippen LogP contribution in [0.15, 0.2) is 22.7 Å². The summed E-state index contributed by atoms with van der Waals surface area (Å²) in [6.45, 7) is 3.32. The molecule has 0 amide bonds. The molecular weight excluding hydrogens is 397 g/mol. The second kappa shape index (κ2) is 7.17. The van der Waals surface area contributed by atoms with E-state index in [-0.39, 0.29) is 0 Å². The van der Waals surface area contributed by atoms with Crippen molar-refractivity contribution in [1.82, 2.24) is 25.2 Å². The van der Waals surface area contributed by atoms with Gasteiger partial charge in [-0.05, 0) is 56.4 Å². The average Bonchev–Trinajstić information content (AvgIpc) is 3.21. The maximum atomic E-state index is 6.36. The summed E-state index contributed by atoms with van der Waals surface area (Å²) in [4.78, 5) is 0. The Kier molecular flexibility index (Phi) is 4.65. The monoisotopic (exact) mass is 417 g/mol. The van der Waals surface area contributed by atoms with Crippen LogP contribution in [0.1, 0.15) is 66.2 Å². The van der Waals surface area contributed by atoms with Crippen LogP contribution in [-0.2, 0) is 13.1 Å². The predicted octanol–water partition coefficient (Wildman–Crippen LogP) is 4.92. The molecule has 2 aromatic heterocycles. The number of aryl methyl sites for hydroxylation is 1. The fraction of sp³-hybridized carbons (Fsp3) is 0.450. The van der Waals surface area contributed by atoms with Crippen LogP contribution in [0.4, 0.5) is 0 Å². The van der Waals surface area contributed by atoms with Crippen molar-refractivity contribution in [1.29, 1.82) is 0 Å². The van der Waals surface area contributed by atoms with Gasteiger partial charge in [0, 0.05) is 23.4 Å². The first kappa shape index (κ1) is 18.2. The summed E-state index contributed by atoms with van der Waals surface area (Å²) in [6.07, 6.45) is 4.09. The van der Waals surface area contributed by atoms with E-state index in [1.54, 1.807) is 0 Å². The van der Waals surface area contributed by atoms with Gasteiger partial charge in [0.15, 0.2) is 11.6 Å². The van der Waals surface area contributed by atoms with Crippen LogP contribution >= 0.6 is 23.2 Å². The Morgan fingerprint density at radius 3 is 2.61 bits per heavy atom. The molecule has 1 aliphatic heterocycles. The first-order valence-electron chi connectivity index (χ1n) is 9.67. The van der Waals surface area contributed by atoms with E-state index < -0.39 is 0 Å². The average molecular weight is 418 g/mol. The molecule has 2 aliphatic rings. The molecule has 0 spiro atoms. The third-order valence-corrected chi connectivity index (χ3v) is 6.62. The molecule has 1 fully saturated rings. The Labute approximate surface area is 173 Å². The molecule has 3 aromatic rings. The minimum atomic E-state index is 0.348. The van der Waals surface area contributed by atoms with Crippen LogP contribution in [0.5, 0.6) is 0 Å². The minimum Gasteiger partial charge on any atom is -0.360 e. The van der Waals surface area contributed by atoms with Crippen LogP contribution in [0.25, 0.3) is 5.69 Å². The van der Waals surface area contributed by atoms with E-state index in [1.165, 1.54) is 5.56 Å². The molecule has 6 nitrogen and oxygen atoms in total. The molecule has 3 heterocycles. The maximum absolute atomic E-state index is 6.36. The van der Waals surface area contributed by atoms with Crippen molar-refractivity contribution in [2.24, 2.45) is 0 Å². The van der Waals surface area contributed by atoms with Crippen molar-refractivity contribution in [3.05, 3.63) is 56.9 Å². The molecule has 146 valence electrons. The molecule has 1 saturated carbocycles. The van der Waals surface area contributed by atoms with Gasteiger partial charge >= 0.3 is 0 Å². The lowest BCUT2D eigenvalue weighted by Gasteiger charge is -2.27. The van der Waals surface area contributed by atoms with Crippen molar-refractivity contribution in [2.45, 2.75) is 57.5 Å². The standard InChI is InChI=1S/C20H21Cl2N5O/c1-11-18(22)19(26-28-11)12-2-4-13(5-3-12)20-25-24-17-10-23-9-14-8-15(21)6-7-16(14)27(17)20/h6-8,12-13,23H,2-5,9-10H2,1H3/t12-,13-. The Morgan fingerprint density at radius 2 is 1.86 bits per heavy atom. The van der Waals surface area contributed by atoms with Gasteiger partial charge in [-0.25, -0.2) is 0 Å². The molecule has 28 heavy (non-hydrogen) atoms. The zero-order valence-electron chi connectivity index (χ0n) is 15.6. The van der Waals surface area contributed by atoms with E-state index in [9.17, 15) is 0 Å². The lowest BCUT2D eigenvalue weighted by atomic mass is 9.80. The van der Waals surface area contributed by atoms with Crippen molar-refractivity contribution in [3.8, 4) is 5.69 Å². The third kappa shape index (κ3) is 3.04. The van der Waals surface area contributed by atoms with Crippen LogP contribution in [-0.4, -0.2) is 19.9 Å². The van der Waals surface area contributed by atoms with E-state index in [2.05, 4.69) is 31.3 Å². The molecule has 1 N–H and O–H groups in total. The van der Waals surface area contributed by atoms with Gasteiger partial charge in [0.2, 0.25) is 0 Å². The second-order valence-corrected chi connectivity index (χ2v) is 8.49. The van der Waals surface area contributed by atoms with Crippen molar-refractivity contribution < 1.29 is 4.52 Å². The van der Waals surface area contributed by atoms with Gasteiger partial charge in [-0.15, -0.1) is 10.2 Å². The number of rotatable bonds is 2. The van der Waals surface area contributed by atoms with E-state index >= 15 is 0 Å². The maximum Gasteiger partial charge on any atom is 0.152 e. The van der Waals surface area contributed by atoms with Crippen molar-refractivity contribution >= 4 is 23.2 Å². The van der Waals surface area contributed by atoms with Crippen LogP contribution in [0.2, 0.25) is 10.0 Å². The number of nitrogens with zero attached hydrogens (tertiary/aromatic N) is 4. The smallest absolute Gasteiger partial charge is 0.152 e. The summed E-state index contributed by atoms with van der Waals surface area (Å²) >= 11 is 12.6. The fourth-order valence-electron chi connectivity index (χ4n) is 4.45. The van der Waals surface area contributed by atoms with Gasteiger partial charge in [-0.3, -0.25) is 4.57 Å². The van der Waals surface area contributed by atoms with Gasteiger partial charge in [0.25, 0.3) is 0 Å². The molecule has 0 atom stereocenters. The highest BCUT2D eigenvalue weighted by molar-refractivity contribution is 6.31. The lowest BCUT2D eigenvalue weighted by molar-refractivity contribution is 0.347. The zero-order valence-corrected chi connectivity index (χ0v) is 17.1. The number of aromatic nitrogens is 4. The molecule has 0 saturated heterocycles. The first-order valence-corrected chi connectivity index (χ1v) is 10.4. The van der Waals surface area contributed by atoms with E-state index in [4.69, 9.17) is 27.7 Å². The van der Waals surface area contributed by atoms with Gasteiger partial charge in [-0.2, -0.15) is 0 Å². The van der Waals surface area contributed by atoms with Crippen LogP contribution < -0.4 is 5.32 Å². The minimum absolute atomic E-state index is 0.348. The molecule has 5 rings (SSSR count). The van der Waals surface area contributed by atoms with Gasteiger partial charge < -0.3 is 9.84 Å². The predicted molar refractivity (Wildman–Crippen MR) is 107 cm³/mol. The summed E-state index contributed by atoms with van der Waals surface area (Å²) in [6, 6.07) is 6.03. The molecular formula is C20H21Cl2N5O. The highest BCUT2D eigenvalue weighted by Gasteiger charge is 2.32. The van der Waals surface area contributed by atoms with E-state index in [0.717, 1.165) is 60.3 Å². The number of benzene rings is 1. The third-order valence-electron chi connectivity index (χ3n) is 5.93. The van der Waals surface area contributed by atoms with Crippen LogP contribution in [0.3, 0.4) is 0 Å². The Bertz CT molecular complexity index is 1020. The Morgan fingerprint density at radius 1 is 1.07 bits per heavy atom. The lowest BCUT2D eigenvalue weighted by Crippen LogP contribution is -2.17. The molecule has 8 heteroatoms. The van der Waals surface area contributed by atoms with Crippen molar-refractivity contribution in [2.75, 3.05) is 0 Å². The summed E-state index contributed by atoms with van der Waals surface area (Å²) < 4.78 is 7.48. The van der Waals surface area contributed by atoms with Crippen molar-refractivity contribution in [3.63, 3.8) is 0 Å². The quantitative estimate of drug-likeness (QED) is 0.640. The fourth-order valence-corrected chi connectivity index (χ4v) is 4.87. The van der Waals surface area contributed by atoms with E-state index in [1.807, 2.05) is 19.1 Å². The van der Waals surface area contributed by atoms with Gasteiger partial charge in [-0.1, -0.05) is 28.4 Å². The highest BCUT2D eigenvalue weighted by atomic mass is 35.5. The molecule has 0 radical (unpaired) electrons. The van der Waals surface area contributed by atoms with Gasteiger partial charge in [0.1, 0.15) is 16.5 Å². The largest absolute Gasteiger partial charge is 0.360 e. The summed E-state index contributed by atoms with van der Waals surface area (Å²) in [5, 5.41) is 18.1. The number of fused-ring (bicyclic) bond motifs is 3. The molecule has 0 unspecified atom stereocenters. The number of halogens is 2. The summed E-state index contributed by atoms with van der Waals surface area (Å²) in [7, 11) is 0. The SMILES string of the molecule is Cc1onc([C@H]2CC[C@H](c3nnc4n3-c3ccc(Cl)cc3CNC4)CC2)c1Cl.